The third-order valence-electron chi connectivity index (χ3n) is 2.00. The number of aromatic hydroxyl groups is 1. The largest absolute Gasteiger partial charge is 0.508 e. The molecule has 0 fully saturated rings. The number of hydrogen-bond acceptors (Lipinski definition) is 2. The molecule has 0 saturated carbocycles. The number of benzene rings is 1. The van der Waals surface area contributed by atoms with Gasteiger partial charge in [-0.2, -0.15) is 0 Å². The zero-order chi connectivity index (χ0) is 9.84. The summed E-state index contributed by atoms with van der Waals surface area (Å²) < 4.78 is 1.05. The van der Waals surface area contributed by atoms with Crippen molar-refractivity contribution >= 4 is 15.9 Å². The molecule has 0 bridgehead atoms. The van der Waals surface area contributed by atoms with Crippen LogP contribution in [-0.2, 0) is 6.42 Å². The number of hydrogen-bond donors (Lipinski definition) is 2. The summed E-state index contributed by atoms with van der Waals surface area (Å²) in [6, 6.07) is 3.76. The third kappa shape index (κ3) is 2.71. The quantitative estimate of drug-likeness (QED) is 0.854. The molecule has 3 heteroatoms. The SMILES string of the molecule is CNCCc1cc(Br)c(C)cc1O. The van der Waals surface area contributed by atoms with E-state index in [-0.39, 0.29) is 0 Å². The van der Waals surface area contributed by atoms with E-state index in [4.69, 9.17) is 0 Å². The Morgan fingerprint density at radius 2 is 2.15 bits per heavy atom. The summed E-state index contributed by atoms with van der Waals surface area (Å²) in [7, 11) is 1.90. The van der Waals surface area contributed by atoms with Crippen molar-refractivity contribution in [3.05, 3.63) is 27.7 Å². The van der Waals surface area contributed by atoms with Gasteiger partial charge in [0.05, 0.1) is 0 Å². The van der Waals surface area contributed by atoms with Crippen molar-refractivity contribution in [3.8, 4) is 5.75 Å². The molecule has 2 N–H and O–H groups in total. The summed E-state index contributed by atoms with van der Waals surface area (Å²) in [5.74, 6) is 0.385. The summed E-state index contributed by atoms with van der Waals surface area (Å²) in [6.45, 7) is 2.84. The van der Waals surface area contributed by atoms with Crippen LogP contribution >= 0.6 is 15.9 Å². The lowest BCUT2D eigenvalue weighted by molar-refractivity contribution is 0.467. The molecule has 0 aromatic heterocycles. The van der Waals surface area contributed by atoms with Crippen LogP contribution in [0.5, 0.6) is 5.75 Å². The van der Waals surface area contributed by atoms with Crippen LogP contribution in [-0.4, -0.2) is 18.7 Å². The van der Waals surface area contributed by atoms with Gasteiger partial charge in [0, 0.05) is 4.47 Å². The first-order valence-electron chi connectivity index (χ1n) is 4.27. The molecule has 13 heavy (non-hydrogen) atoms. The topological polar surface area (TPSA) is 32.3 Å². The molecule has 1 rings (SSSR count). The zero-order valence-electron chi connectivity index (χ0n) is 7.89. The first kappa shape index (κ1) is 10.5. The Morgan fingerprint density at radius 1 is 1.46 bits per heavy atom. The van der Waals surface area contributed by atoms with Crippen molar-refractivity contribution in [2.24, 2.45) is 0 Å². The predicted molar refractivity (Wildman–Crippen MR) is 58.2 cm³/mol. The fourth-order valence-corrected chi connectivity index (χ4v) is 1.56. The molecule has 0 radical (unpaired) electrons. The fraction of sp³-hybridized carbons (Fsp3) is 0.400. The van der Waals surface area contributed by atoms with Gasteiger partial charge in [-0.1, -0.05) is 15.9 Å². The van der Waals surface area contributed by atoms with Crippen molar-refractivity contribution in [1.29, 1.82) is 0 Å². The molecule has 1 aromatic rings. The van der Waals surface area contributed by atoms with Gasteiger partial charge >= 0.3 is 0 Å². The second-order valence-electron chi connectivity index (χ2n) is 3.08. The number of likely N-dealkylation sites (N-methyl/N-ethyl adjacent to an activating group) is 1. The first-order valence-corrected chi connectivity index (χ1v) is 5.07. The molecule has 0 heterocycles. The summed E-state index contributed by atoms with van der Waals surface area (Å²) in [6.07, 6.45) is 0.848. The molecule has 2 nitrogen and oxygen atoms in total. The second-order valence-corrected chi connectivity index (χ2v) is 3.94. The van der Waals surface area contributed by atoms with E-state index in [1.807, 2.05) is 20.0 Å². The van der Waals surface area contributed by atoms with Gasteiger partial charge in [-0.3, -0.25) is 0 Å². The van der Waals surface area contributed by atoms with Gasteiger partial charge in [0.25, 0.3) is 0 Å². The number of phenols is 1. The average molecular weight is 244 g/mol. The lowest BCUT2D eigenvalue weighted by atomic mass is 10.1. The van der Waals surface area contributed by atoms with E-state index in [1.54, 1.807) is 6.07 Å². The molecule has 0 unspecified atom stereocenters. The van der Waals surface area contributed by atoms with Crippen LogP contribution in [0.4, 0.5) is 0 Å². The molecule has 0 amide bonds. The van der Waals surface area contributed by atoms with E-state index < -0.39 is 0 Å². The summed E-state index contributed by atoms with van der Waals surface area (Å²) >= 11 is 3.44. The van der Waals surface area contributed by atoms with Gasteiger partial charge in [0.1, 0.15) is 5.75 Å². The smallest absolute Gasteiger partial charge is 0.119 e. The van der Waals surface area contributed by atoms with Gasteiger partial charge in [-0.15, -0.1) is 0 Å². The third-order valence-corrected chi connectivity index (χ3v) is 2.86. The van der Waals surface area contributed by atoms with Crippen molar-refractivity contribution in [2.75, 3.05) is 13.6 Å². The maximum Gasteiger partial charge on any atom is 0.119 e. The van der Waals surface area contributed by atoms with Gasteiger partial charge in [-0.05, 0) is 50.2 Å². The molecule has 1 aromatic carbocycles. The van der Waals surface area contributed by atoms with Crippen LogP contribution in [0.15, 0.2) is 16.6 Å². The summed E-state index contributed by atoms with van der Waals surface area (Å²) in [4.78, 5) is 0. The van der Waals surface area contributed by atoms with Crippen molar-refractivity contribution in [2.45, 2.75) is 13.3 Å². The van der Waals surface area contributed by atoms with E-state index in [1.165, 1.54) is 0 Å². The highest BCUT2D eigenvalue weighted by atomic mass is 79.9. The van der Waals surface area contributed by atoms with Gasteiger partial charge < -0.3 is 10.4 Å². The minimum Gasteiger partial charge on any atom is -0.508 e. The molecule has 0 spiro atoms. The monoisotopic (exact) mass is 243 g/mol. The Morgan fingerprint density at radius 3 is 2.77 bits per heavy atom. The molecule has 0 aliphatic heterocycles. The molecule has 0 saturated heterocycles. The highest BCUT2D eigenvalue weighted by molar-refractivity contribution is 9.10. The Bertz CT molecular complexity index is 299. The van der Waals surface area contributed by atoms with Crippen LogP contribution in [0.2, 0.25) is 0 Å². The molecule has 0 aliphatic carbocycles. The standard InChI is InChI=1S/C10H14BrNO/c1-7-5-10(13)8(3-4-12-2)6-9(7)11/h5-6,12-13H,3-4H2,1-2H3. The van der Waals surface area contributed by atoms with E-state index in [9.17, 15) is 5.11 Å². The van der Waals surface area contributed by atoms with Crippen molar-refractivity contribution in [1.82, 2.24) is 5.32 Å². The normalized spacial score (nSPS) is 10.4. The minimum absolute atomic E-state index is 0.385. The van der Waals surface area contributed by atoms with Crippen LogP contribution in [0.3, 0.4) is 0 Å². The van der Waals surface area contributed by atoms with Crippen molar-refractivity contribution in [3.63, 3.8) is 0 Å². The number of nitrogens with one attached hydrogen (secondary N) is 1. The van der Waals surface area contributed by atoms with E-state index in [2.05, 4.69) is 21.2 Å². The highest BCUT2D eigenvalue weighted by Crippen LogP contribution is 2.25. The number of phenolic OH excluding ortho intramolecular Hbond substituents is 1. The van der Waals surface area contributed by atoms with Crippen molar-refractivity contribution < 1.29 is 5.11 Å². The van der Waals surface area contributed by atoms with Crippen LogP contribution in [0.25, 0.3) is 0 Å². The lowest BCUT2D eigenvalue weighted by Crippen LogP contribution is -2.10. The first-order chi connectivity index (χ1) is 6.15. The van der Waals surface area contributed by atoms with Crippen LogP contribution in [0.1, 0.15) is 11.1 Å². The Labute approximate surface area is 87.1 Å². The van der Waals surface area contributed by atoms with Crippen LogP contribution in [0, 0.1) is 6.92 Å². The van der Waals surface area contributed by atoms with E-state index in [0.29, 0.717) is 5.75 Å². The predicted octanol–water partition coefficient (Wildman–Crippen LogP) is 2.23. The molecule has 0 aliphatic rings. The number of aryl methyl sites for hydroxylation is 1. The fourth-order valence-electron chi connectivity index (χ4n) is 1.17. The van der Waals surface area contributed by atoms with Gasteiger partial charge in [0.2, 0.25) is 0 Å². The number of rotatable bonds is 3. The average Bonchev–Trinajstić information content (AvgIpc) is 2.09. The Hall–Kier alpha value is -0.540. The van der Waals surface area contributed by atoms with Gasteiger partial charge in [-0.25, -0.2) is 0 Å². The van der Waals surface area contributed by atoms with E-state index in [0.717, 1.165) is 28.6 Å². The molecular formula is C10H14BrNO. The molecular weight excluding hydrogens is 230 g/mol. The zero-order valence-corrected chi connectivity index (χ0v) is 9.48. The second kappa shape index (κ2) is 4.63. The van der Waals surface area contributed by atoms with Gasteiger partial charge in [0.15, 0.2) is 0 Å². The Kier molecular flexibility index (Phi) is 3.75. The van der Waals surface area contributed by atoms with Crippen LogP contribution < -0.4 is 5.32 Å². The Balaban J connectivity index is 2.88. The maximum absolute atomic E-state index is 9.59. The van der Waals surface area contributed by atoms with E-state index >= 15 is 0 Å². The molecule has 0 atom stereocenters. The lowest BCUT2D eigenvalue weighted by Gasteiger charge is -2.06. The number of halogens is 1. The minimum atomic E-state index is 0.385. The maximum atomic E-state index is 9.59. The molecule has 72 valence electrons. The summed E-state index contributed by atoms with van der Waals surface area (Å²) in [5.41, 5.74) is 2.04. The summed E-state index contributed by atoms with van der Waals surface area (Å²) in [5, 5.41) is 12.6. The highest BCUT2D eigenvalue weighted by Gasteiger charge is 2.03.